The van der Waals surface area contributed by atoms with Crippen LogP contribution < -0.4 is 14.8 Å². The third-order valence-electron chi connectivity index (χ3n) is 3.32. The van der Waals surface area contributed by atoms with Crippen molar-refractivity contribution in [3.63, 3.8) is 0 Å². The molecule has 1 N–H and O–H groups in total. The minimum Gasteiger partial charge on any atom is -0.486 e. The Morgan fingerprint density at radius 3 is 2.43 bits per heavy atom. The van der Waals surface area contributed by atoms with Crippen molar-refractivity contribution in [1.82, 2.24) is 0 Å². The molecule has 0 aromatic heterocycles. The van der Waals surface area contributed by atoms with E-state index in [0.717, 1.165) is 4.47 Å². The molecule has 0 saturated heterocycles. The molecule has 0 radical (unpaired) electrons. The Morgan fingerprint density at radius 2 is 1.78 bits per heavy atom. The van der Waals surface area contributed by atoms with Gasteiger partial charge < -0.3 is 14.8 Å². The maximum Gasteiger partial charge on any atom is 0.221 e. The average Bonchev–Trinajstić information content (AvgIpc) is 2.53. The summed E-state index contributed by atoms with van der Waals surface area (Å²) >= 11 is 3.36. The number of hydrogen-bond donors (Lipinski definition) is 1. The van der Waals surface area contributed by atoms with Crippen LogP contribution in [0.5, 0.6) is 11.5 Å². The van der Waals surface area contributed by atoms with Crippen molar-refractivity contribution >= 4 is 33.3 Å². The maximum atomic E-state index is 12.8. The molecule has 6 heteroatoms. The molecule has 5 nitrogen and oxygen atoms in total. The first-order valence-electron chi connectivity index (χ1n) is 7.06. The fraction of sp³-hybridized carbons (Fsp3) is 0.176. The van der Waals surface area contributed by atoms with E-state index in [2.05, 4.69) is 21.2 Å². The number of benzene rings is 2. The minimum absolute atomic E-state index is 0.202. The topological polar surface area (TPSA) is 64.6 Å². The first-order valence-corrected chi connectivity index (χ1v) is 7.85. The van der Waals surface area contributed by atoms with Gasteiger partial charge in [-0.25, -0.2) is 0 Å². The second-order valence-electron chi connectivity index (χ2n) is 5.06. The molecule has 1 aliphatic rings. The number of rotatable bonds is 3. The standard InChI is InChI=1S/C17H14BrNO4/c1-10(20)19-14-9-16-15(22-5-6-23-16)8-13(14)17(21)11-3-2-4-12(18)7-11/h2-4,7-9H,5-6H2,1H3,(H,19,20). The van der Waals surface area contributed by atoms with E-state index in [1.807, 2.05) is 6.07 Å². The monoisotopic (exact) mass is 375 g/mol. The Labute approximate surface area is 141 Å². The van der Waals surface area contributed by atoms with E-state index in [-0.39, 0.29) is 11.7 Å². The minimum atomic E-state index is -0.259. The lowest BCUT2D eigenvalue weighted by molar-refractivity contribution is -0.114. The van der Waals surface area contributed by atoms with Gasteiger partial charge in [-0.3, -0.25) is 9.59 Å². The summed E-state index contributed by atoms with van der Waals surface area (Å²) in [5, 5.41) is 2.68. The summed E-state index contributed by atoms with van der Waals surface area (Å²) < 4.78 is 11.9. The molecule has 1 heterocycles. The molecule has 0 fully saturated rings. The molecule has 2 aromatic carbocycles. The molecule has 1 aliphatic heterocycles. The Morgan fingerprint density at radius 1 is 1.09 bits per heavy atom. The quantitative estimate of drug-likeness (QED) is 0.834. The zero-order valence-corrected chi connectivity index (χ0v) is 14.0. The van der Waals surface area contributed by atoms with Gasteiger partial charge in [0.1, 0.15) is 13.2 Å². The first kappa shape index (κ1) is 15.6. The van der Waals surface area contributed by atoms with Gasteiger partial charge >= 0.3 is 0 Å². The van der Waals surface area contributed by atoms with Crippen LogP contribution in [0.2, 0.25) is 0 Å². The number of halogens is 1. The van der Waals surface area contributed by atoms with Crippen molar-refractivity contribution in [3.8, 4) is 11.5 Å². The van der Waals surface area contributed by atoms with Crippen molar-refractivity contribution in [2.75, 3.05) is 18.5 Å². The third kappa shape index (κ3) is 3.37. The fourth-order valence-electron chi connectivity index (χ4n) is 2.35. The van der Waals surface area contributed by atoms with Crippen LogP contribution in [-0.4, -0.2) is 24.9 Å². The normalized spacial score (nSPS) is 12.6. The Bertz CT molecular complexity index is 788. The highest BCUT2D eigenvalue weighted by Crippen LogP contribution is 2.36. The van der Waals surface area contributed by atoms with E-state index < -0.39 is 0 Å². The maximum absolute atomic E-state index is 12.8. The van der Waals surface area contributed by atoms with Gasteiger partial charge in [0, 0.05) is 23.0 Å². The molecule has 1 amide bonds. The third-order valence-corrected chi connectivity index (χ3v) is 3.82. The molecule has 0 saturated carbocycles. The van der Waals surface area contributed by atoms with Crippen LogP contribution >= 0.6 is 15.9 Å². The molecular formula is C17H14BrNO4. The predicted octanol–water partition coefficient (Wildman–Crippen LogP) is 3.41. The van der Waals surface area contributed by atoms with Gasteiger partial charge in [0.2, 0.25) is 5.91 Å². The number of amides is 1. The van der Waals surface area contributed by atoms with Crippen molar-refractivity contribution in [3.05, 3.63) is 52.0 Å². The number of anilines is 1. The molecule has 0 bridgehead atoms. The van der Waals surface area contributed by atoms with Crippen LogP contribution in [0.3, 0.4) is 0 Å². The molecular weight excluding hydrogens is 362 g/mol. The number of carbonyl (C=O) groups excluding carboxylic acids is 2. The summed E-state index contributed by atoms with van der Waals surface area (Å²) in [6.45, 7) is 2.26. The summed E-state index contributed by atoms with van der Waals surface area (Å²) in [4.78, 5) is 24.3. The molecule has 2 aromatic rings. The number of ketones is 1. The van der Waals surface area contributed by atoms with Crippen LogP contribution in [0, 0.1) is 0 Å². The Hall–Kier alpha value is -2.34. The smallest absolute Gasteiger partial charge is 0.221 e. The first-order chi connectivity index (χ1) is 11.0. The van der Waals surface area contributed by atoms with Gasteiger partial charge in [-0.15, -0.1) is 0 Å². The van der Waals surface area contributed by atoms with Crippen molar-refractivity contribution in [1.29, 1.82) is 0 Å². The zero-order chi connectivity index (χ0) is 16.4. The van der Waals surface area contributed by atoms with Crippen molar-refractivity contribution in [2.24, 2.45) is 0 Å². The summed E-state index contributed by atoms with van der Waals surface area (Å²) in [5.41, 5.74) is 1.29. The molecule has 0 spiro atoms. The number of fused-ring (bicyclic) bond motifs is 1. The van der Waals surface area contributed by atoms with E-state index in [9.17, 15) is 9.59 Å². The predicted molar refractivity (Wildman–Crippen MR) is 89.3 cm³/mol. The summed E-state index contributed by atoms with van der Waals surface area (Å²) in [6, 6.07) is 10.3. The van der Waals surface area contributed by atoms with E-state index in [1.54, 1.807) is 30.3 Å². The highest BCUT2D eigenvalue weighted by atomic mass is 79.9. The van der Waals surface area contributed by atoms with Gasteiger partial charge in [0.25, 0.3) is 0 Å². The summed E-state index contributed by atoms with van der Waals surface area (Å²) in [5.74, 6) is 0.562. The number of carbonyl (C=O) groups is 2. The Balaban J connectivity index is 2.08. The van der Waals surface area contributed by atoms with Crippen molar-refractivity contribution < 1.29 is 19.1 Å². The van der Waals surface area contributed by atoms with Crippen LogP contribution in [0.4, 0.5) is 5.69 Å². The largest absolute Gasteiger partial charge is 0.486 e. The lowest BCUT2D eigenvalue weighted by Crippen LogP contribution is -2.18. The van der Waals surface area contributed by atoms with Crippen LogP contribution in [0.25, 0.3) is 0 Å². The van der Waals surface area contributed by atoms with Gasteiger partial charge in [0.05, 0.1) is 11.3 Å². The fourth-order valence-corrected chi connectivity index (χ4v) is 2.75. The SMILES string of the molecule is CC(=O)Nc1cc2c(cc1C(=O)c1cccc(Br)c1)OCCO2. The summed E-state index contributed by atoms with van der Waals surface area (Å²) in [7, 11) is 0. The highest BCUT2D eigenvalue weighted by molar-refractivity contribution is 9.10. The summed E-state index contributed by atoms with van der Waals surface area (Å²) in [6.07, 6.45) is 0. The molecule has 3 rings (SSSR count). The second kappa shape index (κ2) is 6.42. The van der Waals surface area contributed by atoms with E-state index in [1.165, 1.54) is 6.92 Å². The van der Waals surface area contributed by atoms with Crippen LogP contribution in [0.15, 0.2) is 40.9 Å². The molecule has 0 atom stereocenters. The van der Waals surface area contributed by atoms with Gasteiger partial charge in [0.15, 0.2) is 17.3 Å². The van der Waals surface area contributed by atoms with Crippen molar-refractivity contribution in [2.45, 2.75) is 6.92 Å². The van der Waals surface area contributed by atoms with Gasteiger partial charge in [-0.1, -0.05) is 28.1 Å². The number of ether oxygens (including phenoxy) is 2. The number of hydrogen-bond acceptors (Lipinski definition) is 4. The second-order valence-corrected chi connectivity index (χ2v) is 5.98. The Kier molecular flexibility index (Phi) is 4.34. The van der Waals surface area contributed by atoms with E-state index in [4.69, 9.17) is 9.47 Å². The van der Waals surface area contributed by atoms with Crippen LogP contribution in [0.1, 0.15) is 22.8 Å². The van der Waals surface area contributed by atoms with Gasteiger partial charge in [-0.05, 0) is 18.2 Å². The molecule has 0 unspecified atom stereocenters. The van der Waals surface area contributed by atoms with Gasteiger partial charge in [-0.2, -0.15) is 0 Å². The molecule has 118 valence electrons. The number of nitrogens with one attached hydrogen (secondary N) is 1. The van der Waals surface area contributed by atoms with E-state index in [0.29, 0.717) is 41.5 Å². The lowest BCUT2D eigenvalue weighted by Gasteiger charge is -2.21. The zero-order valence-electron chi connectivity index (χ0n) is 12.4. The van der Waals surface area contributed by atoms with E-state index >= 15 is 0 Å². The molecule has 23 heavy (non-hydrogen) atoms. The lowest BCUT2D eigenvalue weighted by atomic mass is 10.0. The highest BCUT2D eigenvalue weighted by Gasteiger charge is 2.21. The average molecular weight is 376 g/mol. The van der Waals surface area contributed by atoms with Crippen LogP contribution in [-0.2, 0) is 4.79 Å². The molecule has 0 aliphatic carbocycles.